The van der Waals surface area contributed by atoms with Gasteiger partial charge in [0.05, 0.1) is 5.60 Å². The lowest BCUT2D eigenvalue weighted by atomic mass is 9.71. The maximum absolute atomic E-state index is 14.1. The van der Waals surface area contributed by atoms with Crippen LogP contribution in [0.4, 0.5) is 8.78 Å². The van der Waals surface area contributed by atoms with E-state index < -0.39 is 23.2 Å². The number of benzene rings is 3. The summed E-state index contributed by atoms with van der Waals surface area (Å²) >= 11 is 0. The predicted octanol–water partition coefficient (Wildman–Crippen LogP) is 5.50. The number of halogens is 2. The first-order chi connectivity index (χ1) is 16.7. The molecule has 0 amide bonds. The molecule has 0 aliphatic heterocycles. The SMILES string of the molecule is CN(C)C[C@H]1CCCC[C@]1(O)c1cccc(OC(=O)c2ccc(-c3ccc(F)cc3F)cc2O)c1. The van der Waals surface area contributed by atoms with Gasteiger partial charge in [0.25, 0.3) is 0 Å². The first kappa shape index (κ1) is 24.8. The molecule has 1 fully saturated rings. The largest absolute Gasteiger partial charge is 0.507 e. The first-order valence-electron chi connectivity index (χ1n) is 11.7. The molecule has 0 bridgehead atoms. The van der Waals surface area contributed by atoms with Crippen LogP contribution in [-0.2, 0) is 5.60 Å². The average Bonchev–Trinajstić information content (AvgIpc) is 2.80. The van der Waals surface area contributed by atoms with Gasteiger partial charge in [-0.3, -0.25) is 0 Å². The number of rotatable bonds is 6. The van der Waals surface area contributed by atoms with Gasteiger partial charge in [-0.05, 0) is 74.5 Å². The second-order valence-electron chi connectivity index (χ2n) is 9.40. The molecule has 1 aliphatic carbocycles. The highest BCUT2D eigenvalue weighted by molar-refractivity contribution is 5.94. The highest BCUT2D eigenvalue weighted by atomic mass is 19.1. The molecule has 7 heteroatoms. The zero-order chi connectivity index (χ0) is 25.2. The first-order valence-corrected chi connectivity index (χ1v) is 11.7. The minimum atomic E-state index is -1.02. The second-order valence-corrected chi connectivity index (χ2v) is 9.40. The van der Waals surface area contributed by atoms with E-state index in [-0.39, 0.29) is 28.5 Å². The summed E-state index contributed by atoms with van der Waals surface area (Å²) in [5.41, 5.74) is -0.0231. The van der Waals surface area contributed by atoms with Crippen LogP contribution in [0.3, 0.4) is 0 Å². The Morgan fingerprint density at radius 3 is 2.60 bits per heavy atom. The van der Waals surface area contributed by atoms with E-state index in [2.05, 4.69) is 4.90 Å². The molecule has 0 aromatic heterocycles. The lowest BCUT2D eigenvalue weighted by molar-refractivity contribution is -0.0619. The van der Waals surface area contributed by atoms with E-state index in [0.29, 0.717) is 17.5 Å². The molecular weight excluding hydrogens is 452 g/mol. The molecule has 2 atom stereocenters. The van der Waals surface area contributed by atoms with Crippen molar-refractivity contribution in [2.45, 2.75) is 31.3 Å². The Hall–Kier alpha value is -3.29. The van der Waals surface area contributed by atoms with Crippen molar-refractivity contribution in [2.75, 3.05) is 20.6 Å². The number of phenolic OH excluding ortho intramolecular Hbond substituents is 1. The maximum atomic E-state index is 14.1. The Morgan fingerprint density at radius 1 is 1.09 bits per heavy atom. The van der Waals surface area contributed by atoms with Crippen LogP contribution in [0.25, 0.3) is 11.1 Å². The van der Waals surface area contributed by atoms with Gasteiger partial charge in [0.15, 0.2) is 0 Å². The van der Waals surface area contributed by atoms with Crippen LogP contribution in [0.1, 0.15) is 41.6 Å². The Labute approximate surface area is 203 Å². The number of hydrogen-bond acceptors (Lipinski definition) is 5. The van der Waals surface area contributed by atoms with Gasteiger partial charge in [-0.25, -0.2) is 13.6 Å². The minimum absolute atomic E-state index is 0.0562. The molecule has 35 heavy (non-hydrogen) atoms. The van der Waals surface area contributed by atoms with Gasteiger partial charge in [-0.2, -0.15) is 0 Å². The fourth-order valence-corrected chi connectivity index (χ4v) is 4.88. The fraction of sp³-hybridized carbons (Fsp3) is 0.321. The number of hydrogen-bond donors (Lipinski definition) is 2. The van der Waals surface area contributed by atoms with E-state index in [1.54, 1.807) is 18.2 Å². The molecule has 3 aromatic rings. The van der Waals surface area contributed by atoms with Crippen LogP contribution in [0, 0.1) is 17.6 Å². The van der Waals surface area contributed by atoms with Crippen LogP contribution in [-0.4, -0.2) is 41.7 Å². The van der Waals surface area contributed by atoms with Gasteiger partial charge in [0.2, 0.25) is 0 Å². The summed E-state index contributed by atoms with van der Waals surface area (Å²) in [5, 5.41) is 22.0. The number of ether oxygens (including phenoxy) is 1. The van der Waals surface area contributed by atoms with Crippen molar-refractivity contribution in [1.29, 1.82) is 0 Å². The van der Waals surface area contributed by atoms with Crippen molar-refractivity contribution < 1.29 is 28.5 Å². The maximum Gasteiger partial charge on any atom is 0.347 e. The zero-order valence-electron chi connectivity index (χ0n) is 19.8. The van der Waals surface area contributed by atoms with E-state index in [1.165, 1.54) is 24.3 Å². The zero-order valence-corrected chi connectivity index (χ0v) is 19.8. The Kier molecular flexibility index (Phi) is 7.19. The van der Waals surface area contributed by atoms with E-state index in [1.807, 2.05) is 20.2 Å². The van der Waals surface area contributed by atoms with E-state index in [4.69, 9.17) is 4.74 Å². The van der Waals surface area contributed by atoms with Crippen LogP contribution < -0.4 is 4.74 Å². The Bertz CT molecular complexity index is 1230. The number of nitrogens with zero attached hydrogens (tertiary/aromatic N) is 1. The normalized spacial score (nSPS) is 20.1. The van der Waals surface area contributed by atoms with Crippen molar-refractivity contribution in [3.05, 3.63) is 83.4 Å². The van der Waals surface area contributed by atoms with Crippen molar-refractivity contribution in [3.8, 4) is 22.6 Å². The summed E-state index contributed by atoms with van der Waals surface area (Å²) in [5.74, 6) is -2.34. The summed E-state index contributed by atoms with van der Waals surface area (Å²) in [6.07, 6.45) is 3.52. The van der Waals surface area contributed by atoms with Crippen molar-refractivity contribution in [3.63, 3.8) is 0 Å². The number of aromatic hydroxyl groups is 1. The molecule has 1 aliphatic rings. The summed E-state index contributed by atoms with van der Waals surface area (Å²) in [7, 11) is 3.96. The van der Waals surface area contributed by atoms with Crippen molar-refractivity contribution in [2.24, 2.45) is 5.92 Å². The smallest absolute Gasteiger partial charge is 0.347 e. The van der Waals surface area contributed by atoms with Crippen LogP contribution in [0.15, 0.2) is 60.7 Å². The van der Waals surface area contributed by atoms with Crippen LogP contribution in [0.5, 0.6) is 11.5 Å². The van der Waals surface area contributed by atoms with Gasteiger partial charge in [0.1, 0.15) is 28.7 Å². The molecule has 0 unspecified atom stereocenters. The molecule has 5 nitrogen and oxygen atoms in total. The Balaban J connectivity index is 1.55. The monoisotopic (exact) mass is 481 g/mol. The molecule has 3 aromatic carbocycles. The predicted molar refractivity (Wildman–Crippen MR) is 129 cm³/mol. The minimum Gasteiger partial charge on any atom is -0.507 e. The third-order valence-electron chi connectivity index (χ3n) is 6.63. The highest BCUT2D eigenvalue weighted by Gasteiger charge is 2.40. The lowest BCUT2D eigenvalue weighted by Gasteiger charge is -2.41. The van der Waals surface area contributed by atoms with Crippen LogP contribution >= 0.6 is 0 Å². The molecule has 0 spiro atoms. The van der Waals surface area contributed by atoms with Gasteiger partial charge in [0, 0.05) is 24.1 Å². The summed E-state index contributed by atoms with van der Waals surface area (Å²) in [4.78, 5) is 14.9. The van der Waals surface area contributed by atoms with Crippen molar-refractivity contribution >= 4 is 5.97 Å². The molecule has 0 heterocycles. The topological polar surface area (TPSA) is 70.0 Å². The number of phenols is 1. The third kappa shape index (κ3) is 5.36. The van der Waals surface area contributed by atoms with Crippen LogP contribution in [0.2, 0.25) is 0 Å². The van der Waals surface area contributed by atoms with Gasteiger partial charge in [-0.1, -0.05) is 31.0 Å². The Morgan fingerprint density at radius 2 is 1.89 bits per heavy atom. The molecule has 2 N–H and O–H groups in total. The second kappa shape index (κ2) is 10.1. The molecular formula is C28H29F2NO4. The number of carbonyl (C=O) groups is 1. The summed E-state index contributed by atoms with van der Waals surface area (Å²) in [6.45, 7) is 0.745. The van der Waals surface area contributed by atoms with Gasteiger partial charge < -0.3 is 19.8 Å². The quantitative estimate of drug-likeness (QED) is 0.360. The average molecular weight is 482 g/mol. The van der Waals surface area contributed by atoms with E-state index >= 15 is 0 Å². The highest BCUT2D eigenvalue weighted by Crippen LogP contribution is 2.43. The third-order valence-corrected chi connectivity index (χ3v) is 6.63. The fourth-order valence-electron chi connectivity index (χ4n) is 4.88. The molecule has 0 saturated heterocycles. The van der Waals surface area contributed by atoms with Gasteiger partial charge in [-0.15, -0.1) is 0 Å². The van der Waals surface area contributed by atoms with E-state index in [0.717, 1.165) is 37.9 Å². The lowest BCUT2D eigenvalue weighted by Crippen LogP contribution is -2.43. The number of carbonyl (C=O) groups excluding carboxylic acids is 1. The molecule has 184 valence electrons. The standard InChI is InChI=1S/C28H29F2NO4/c1-31(2)17-20-6-3-4-13-28(20,34)19-7-5-8-22(15-19)35-27(33)24-11-9-18(14-26(24)32)23-12-10-21(29)16-25(23)30/h5,7-12,14-16,20,32,34H,3-4,6,13,17H2,1-2H3/t20-,28+/m1/s1. The summed E-state index contributed by atoms with van der Waals surface area (Å²) in [6, 6.07) is 14.0. The van der Waals surface area contributed by atoms with Crippen molar-refractivity contribution in [1.82, 2.24) is 4.90 Å². The molecule has 1 saturated carbocycles. The van der Waals surface area contributed by atoms with Gasteiger partial charge >= 0.3 is 5.97 Å². The number of esters is 1. The summed E-state index contributed by atoms with van der Waals surface area (Å²) < 4.78 is 32.8. The molecule has 0 radical (unpaired) electrons. The van der Waals surface area contributed by atoms with E-state index in [9.17, 15) is 23.8 Å². The molecule has 4 rings (SSSR count). The number of aliphatic hydroxyl groups is 1.